The number of nitrogens with one attached hydrogen (secondary N) is 2. The van der Waals surface area contributed by atoms with Gasteiger partial charge in [0.25, 0.3) is 5.91 Å². The highest BCUT2D eigenvalue weighted by molar-refractivity contribution is 9.10. The third-order valence-corrected chi connectivity index (χ3v) is 4.94. The normalized spacial score (nSPS) is 11.6. The Morgan fingerprint density at radius 1 is 1.11 bits per heavy atom. The van der Waals surface area contributed by atoms with Gasteiger partial charge in [0.15, 0.2) is 0 Å². The SMILES string of the molecule is CCOC(=O)CC(NC(=O)c1[nH]nc(-c2ccccc2)c1Br)c1ccccc1. The predicted molar refractivity (Wildman–Crippen MR) is 110 cm³/mol. The molecule has 1 atom stereocenters. The second-order valence-electron chi connectivity index (χ2n) is 6.07. The smallest absolute Gasteiger partial charge is 0.308 e. The molecule has 3 rings (SSSR count). The van der Waals surface area contributed by atoms with Crippen molar-refractivity contribution in [2.75, 3.05) is 6.61 Å². The number of carbonyl (C=O) groups is 2. The molecule has 0 bridgehead atoms. The molecule has 0 spiro atoms. The molecule has 0 aliphatic heterocycles. The first-order valence-corrected chi connectivity index (χ1v) is 9.70. The summed E-state index contributed by atoms with van der Waals surface area (Å²) in [7, 11) is 0. The highest BCUT2D eigenvalue weighted by atomic mass is 79.9. The summed E-state index contributed by atoms with van der Waals surface area (Å²) in [4.78, 5) is 24.9. The van der Waals surface area contributed by atoms with E-state index in [0.29, 0.717) is 22.5 Å². The molecule has 6 nitrogen and oxygen atoms in total. The van der Waals surface area contributed by atoms with Gasteiger partial charge < -0.3 is 10.1 Å². The number of esters is 1. The van der Waals surface area contributed by atoms with Crippen LogP contribution in [0.3, 0.4) is 0 Å². The Morgan fingerprint density at radius 2 is 1.75 bits per heavy atom. The zero-order chi connectivity index (χ0) is 19.9. The number of hydrogen-bond donors (Lipinski definition) is 2. The fraction of sp³-hybridized carbons (Fsp3) is 0.190. The number of nitrogens with zero attached hydrogens (tertiary/aromatic N) is 1. The third-order valence-electron chi connectivity index (χ3n) is 4.16. The van der Waals surface area contributed by atoms with Crippen molar-refractivity contribution >= 4 is 27.8 Å². The lowest BCUT2D eigenvalue weighted by Crippen LogP contribution is -2.31. The molecule has 1 unspecified atom stereocenters. The van der Waals surface area contributed by atoms with Crippen molar-refractivity contribution in [1.82, 2.24) is 15.5 Å². The van der Waals surface area contributed by atoms with Crippen LogP contribution in [0, 0.1) is 0 Å². The maximum atomic E-state index is 12.9. The average Bonchev–Trinajstić information content (AvgIpc) is 3.10. The van der Waals surface area contributed by atoms with Crippen LogP contribution in [0.15, 0.2) is 65.1 Å². The van der Waals surface area contributed by atoms with Crippen molar-refractivity contribution < 1.29 is 14.3 Å². The minimum atomic E-state index is -0.511. The summed E-state index contributed by atoms with van der Waals surface area (Å²) in [5.41, 5.74) is 2.65. The van der Waals surface area contributed by atoms with Gasteiger partial charge in [-0.25, -0.2) is 0 Å². The molecule has 2 N–H and O–H groups in total. The van der Waals surface area contributed by atoms with Crippen LogP contribution in [-0.4, -0.2) is 28.7 Å². The number of ether oxygens (including phenoxy) is 1. The lowest BCUT2D eigenvalue weighted by atomic mass is 10.0. The number of carbonyl (C=O) groups excluding carboxylic acids is 2. The zero-order valence-corrected chi connectivity index (χ0v) is 16.9. The summed E-state index contributed by atoms with van der Waals surface area (Å²) in [6.07, 6.45) is 0.0426. The Bertz CT molecular complexity index is 942. The molecule has 0 fully saturated rings. The molecule has 0 saturated carbocycles. The highest BCUT2D eigenvalue weighted by Gasteiger charge is 2.23. The Labute approximate surface area is 171 Å². The standard InChI is InChI=1S/C21H20BrN3O3/c1-2-28-17(26)13-16(14-9-5-3-6-10-14)23-21(27)20-18(22)19(24-25-20)15-11-7-4-8-12-15/h3-12,16H,2,13H2,1H3,(H,23,27)(H,24,25). The Morgan fingerprint density at radius 3 is 2.39 bits per heavy atom. The van der Waals surface area contributed by atoms with E-state index in [1.807, 2.05) is 60.7 Å². The molecule has 3 aromatic rings. The molecule has 1 aromatic heterocycles. The van der Waals surface area contributed by atoms with Crippen LogP contribution in [0.25, 0.3) is 11.3 Å². The molecule has 0 radical (unpaired) electrons. The van der Waals surface area contributed by atoms with E-state index in [-0.39, 0.29) is 18.3 Å². The largest absolute Gasteiger partial charge is 0.466 e. The van der Waals surface area contributed by atoms with Gasteiger partial charge in [0.2, 0.25) is 0 Å². The van der Waals surface area contributed by atoms with Crippen molar-refractivity contribution in [2.24, 2.45) is 0 Å². The monoisotopic (exact) mass is 441 g/mol. The van der Waals surface area contributed by atoms with Crippen molar-refractivity contribution in [2.45, 2.75) is 19.4 Å². The molecule has 1 amide bonds. The Balaban J connectivity index is 1.82. The van der Waals surface area contributed by atoms with E-state index in [1.54, 1.807) is 6.92 Å². The summed E-state index contributed by atoms with van der Waals surface area (Å²) >= 11 is 3.46. The van der Waals surface area contributed by atoms with Gasteiger partial charge in [0.1, 0.15) is 11.4 Å². The van der Waals surface area contributed by atoms with Crippen LogP contribution in [-0.2, 0) is 9.53 Å². The second kappa shape index (κ2) is 9.32. The maximum Gasteiger partial charge on any atom is 0.308 e. The van der Waals surface area contributed by atoms with Crippen LogP contribution >= 0.6 is 15.9 Å². The van der Waals surface area contributed by atoms with Gasteiger partial charge in [0.05, 0.1) is 23.5 Å². The Kier molecular flexibility index (Phi) is 6.60. The van der Waals surface area contributed by atoms with E-state index in [9.17, 15) is 9.59 Å². The van der Waals surface area contributed by atoms with Crippen molar-refractivity contribution in [3.05, 3.63) is 76.4 Å². The summed E-state index contributed by atoms with van der Waals surface area (Å²) in [5, 5.41) is 9.94. The fourth-order valence-electron chi connectivity index (χ4n) is 2.82. The zero-order valence-electron chi connectivity index (χ0n) is 15.3. The third kappa shape index (κ3) is 4.67. The number of amides is 1. The van der Waals surface area contributed by atoms with Crippen LogP contribution in [0.2, 0.25) is 0 Å². The number of aromatic amines is 1. The highest BCUT2D eigenvalue weighted by Crippen LogP contribution is 2.29. The quantitative estimate of drug-likeness (QED) is 0.536. The lowest BCUT2D eigenvalue weighted by molar-refractivity contribution is -0.143. The van der Waals surface area contributed by atoms with E-state index in [1.165, 1.54) is 0 Å². The number of aromatic nitrogens is 2. The van der Waals surface area contributed by atoms with Gasteiger partial charge in [-0.1, -0.05) is 60.7 Å². The summed E-state index contributed by atoms with van der Waals surface area (Å²) in [5.74, 6) is -0.731. The minimum Gasteiger partial charge on any atom is -0.466 e. The molecule has 28 heavy (non-hydrogen) atoms. The van der Waals surface area contributed by atoms with Crippen LogP contribution < -0.4 is 5.32 Å². The van der Waals surface area contributed by atoms with Crippen molar-refractivity contribution in [1.29, 1.82) is 0 Å². The van der Waals surface area contributed by atoms with Crippen LogP contribution in [0.1, 0.15) is 35.4 Å². The molecule has 1 heterocycles. The second-order valence-corrected chi connectivity index (χ2v) is 6.87. The van der Waals surface area contributed by atoms with Gasteiger partial charge in [-0.15, -0.1) is 0 Å². The van der Waals surface area contributed by atoms with Gasteiger partial charge in [0, 0.05) is 5.56 Å². The number of rotatable bonds is 7. The van der Waals surface area contributed by atoms with E-state index in [4.69, 9.17) is 4.74 Å². The molecule has 2 aromatic carbocycles. The molecule has 0 saturated heterocycles. The van der Waals surface area contributed by atoms with Gasteiger partial charge in [-0.3, -0.25) is 14.7 Å². The molecule has 144 valence electrons. The van der Waals surface area contributed by atoms with E-state index in [0.717, 1.165) is 11.1 Å². The van der Waals surface area contributed by atoms with Crippen LogP contribution in [0.5, 0.6) is 0 Å². The van der Waals surface area contributed by atoms with Crippen molar-refractivity contribution in [3.63, 3.8) is 0 Å². The maximum absolute atomic E-state index is 12.9. The molecule has 0 aliphatic rings. The number of halogens is 1. The first kappa shape index (κ1) is 19.8. The molecule has 7 heteroatoms. The Hall–Kier alpha value is -2.93. The average molecular weight is 442 g/mol. The first-order chi connectivity index (χ1) is 13.6. The van der Waals surface area contributed by atoms with E-state index < -0.39 is 6.04 Å². The van der Waals surface area contributed by atoms with Gasteiger partial charge in [-0.2, -0.15) is 5.10 Å². The first-order valence-electron chi connectivity index (χ1n) is 8.90. The summed E-state index contributed by atoms with van der Waals surface area (Å²) in [6.45, 7) is 2.04. The topological polar surface area (TPSA) is 84.1 Å². The number of H-pyrrole nitrogens is 1. The predicted octanol–water partition coefficient (Wildman–Crippen LogP) is 4.26. The minimum absolute atomic E-state index is 0.0426. The number of benzene rings is 2. The summed E-state index contributed by atoms with van der Waals surface area (Å²) < 4.78 is 5.62. The van der Waals surface area contributed by atoms with Crippen molar-refractivity contribution in [3.8, 4) is 11.3 Å². The molecule has 0 aliphatic carbocycles. The fourth-order valence-corrected chi connectivity index (χ4v) is 3.41. The molecular formula is C21H20BrN3O3. The van der Waals surface area contributed by atoms with Gasteiger partial charge in [-0.05, 0) is 28.4 Å². The van der Waals surface area contributed by atoms with Crippen LogP contribution in [0.4, 0.5) is 0 Å². The van der Waals surface area contributed by atoms with E-state index >= 15 is 0 Å². The lowest BCUT2D eigenvalue weighted by Gasteiger charge is -2.18. The molecular weight excluding hydrogens is 422 g/mol. The summed E-state index contributed by atoms with van der Waals surface area (Å²) in [6, 6.07) is 18.4. The number of hydrogen-bond acceptors (Lipinski definition) is 4. The van der Waals surface area contributed by atoms with E-state index in [2.05, 4.69) is 31.4 Å². The van der Waals surface area contributed by atoms with Gasteiger partial charge >= 0.3 is 5.97 Å².